The molecule has 1 aromatic rings. The average molecular weight is 515 g/mol. The van der Waals surface area contributed by atoms with Gasteiger partial charge in [-0.15, -0.1) is 24.0 Å². The van der Waals surface area contributed by atoms with Crippen LogP contribution < -0.4 is 16.0 Å². The Morgan fingerprint density at radius 1 is 1.10 bits per heavy atom. The van der Waals surface area contributed by atoms with Gasteiger partial charge in [-0.3, -0.25) is 9.69 Å². The van der Waals surface area contributed by atoms with Crippen molar-refractivity contribution in [3.8, 4) is 0 Å². The highest BCUT2D eigenvalue weighted by atomic mass is 127. The number of aliphatic imine (C=N–C) groups is 1. The van der Waals surface area contributed by atoms with Gasteiger partial charge in [0.05, 0.1) is 13.1 Å². The molecule has 164 valence electrons. The number of nitrogens with zero attached hydrogens (tertiary/aromatic N) is 2. The molecule has 1 fully saturated rings. The highest BCUT2D eigenvalue weighted by Gasteiger charge is 2.21. The minimum Gasteiger partial charge on any atom is -0.357 e. The first-order valence-electron chi connectivity index (χ1n) is 10.8. The van der Waals surface area contributed by atoms with Crippen molar-refractivity contribution in [1.82, 2.24) is 20.9 Å². The van der Waals surface area contributed by atoms with E-state index in [1.165, 1.54) is 11.1 Å². The van der Waals surface area contributed by atoms with Crippen LogP contribution in [0.4, 0.5) is 0 Å². The van der Waals surface area contributed by atoms with E-state index in [4.69, 9.17) is 4.99 Å². The zero-order valence-electron chi connectivity index (χ0n) is 18.2. The first-order valence-corrected chi connectivity index (χ1v) is 10.8. The van der Waals surface area contributed by atoms with Gasteiger partial charge < -0.3 is 16.0 Å². The van der Waals surface area contributed by atoms with Gasteiger partial charge in [0.2, 0.25) is 5.91 Å². The summed E-state index contributed by atoms with van der Waals surface area (Å²) in [5.41, 5.74) is 2.65. The zero-order chi connectivity index (χ0) is 20.2. The van der Waals surface area contributed by atoms with Gasteiger partial charge in [0.1, 0.15) is 0 Å². The second-order valence-corrected chi connectivity index (χ2v) is 7.36. The highest BCUT2D eigenvalue weighted by Crippen LogP contribution is 2.12. The number of amides is 1. The lowest BCUT2D eigenvalue weighted by molar-refractivity contribution is -0.122. The van der Waals surface area contributed by atoms with Crippen molar-refractivity contribution < 1.29 is 4.79 Å². The number of aryl methyl sites for hydroxylation is 1. The van der Waals surface area contributed by atoms with Gasteiger partial charge in [0, 0.05) is 32.2 Å². The van der Waals surface area contributed by atoms with Gasteiger partial charge in [0.15, 0.2) is 5.96 Å². The van der Waals surface area contributed by atoms with E-state index >= 15 is 0 Å². The van der Waals surface area contributed by atoms with Crippen LogP contribution in [0.15, 0.2) is 29.3 Å². The third-order valence-corrected chi connectivity index (χ3v) is 5.12. The van der Waals surface area contributed by atoms with Crippen LogP contribution in [0.3, 0.4) is 0 Å². The average Bonchev–Trinajstić information content (AvgIpc) is 2.72. The number of halogens is 1. The summed E-state index contributed by atoms with van der Waals surface area (Å²) < 4.78 is 0. The predicted molar refractivity (Wildman–Crippen MR) is 132 cm³/mol. The Morgan fingerprint density at radius 3 is 2.41 bits per heavy atom. The van der Waals surface area contributed by atoms with Crippen LogP contribution in [0.25, 0.3) is 0 Å². The molecule has 1 aliphatic rings. The Morgan fingerprint density at radius 2 is 1.79 bits per heavy atom. The topological polar surface area (TPSA) is 68.8 Å². The fourth-order valence-corrected chi connectivity index (χ4v) is 3.49. The molecule has 1 saturated heterocycles. The molecule has 2 rings (SSSR count). The van der Waals surface area contributed by atoms with Crippen molar-refractivity contribution >= 4 is 35.8 Å². The number of hydrogen-bond acceptors (Lipinski definition) is 3. The smallest absolute Gasteiger partial charge is 0.234 e. The lowest BCUT2D eigenvalue weighted by atomic mass is 10.1. The van der Waals surface area contributed by atoms with Crippen molar-refractivity contribution in [2.24, 2.45) is 4.99 Å². The van der Waals surface area contributed by atoms with Gasteiger partial charge in [-0.25, -0.2) is 4.99 Å². The summed E-state index contributed by atoms with van der Waals surface area (Å²) in [5, 5.41) is 9.91. The Bertz CT molecular complexity index is 629. The summed E-state index contributed by atoms with van der Waals surface area (Å²) in [5.74, 6) is 1.02. The molecular formula is C22H38IN5O. The first kappa shape index (κ1) is 25.7. The molecule has 1 heterocycles. The Labute approximate surface area is 193 Å². The molecule has 29 heavy (non-hydrogen) atoms. The normalized spacial score (nSPS) is 15.5. The van der Waals surface area contributed by atoms with E-state index in [2.05, 4.69) is 65.9 Å². The first-order chi connectivity index (χ1) is 13.7. The van der Waals surface area contributed by atoms with Crippen LogP contribution in [-0.4, -0.2) is 55.5 Å². The second kappa shape index (κ2) is 14.6. The van der Waals surface area contributed by atoms with Gasteiger partial charge >= 0.3 is 0 Å². The molecule has 0 aromatic heterocycles. The van der Waals surface area contributed by atoms with E-state index < -0.39 is 0 Å². The number of rotatable bonds is 9. The van der Waals surface area contributed by atoms with Crippen molar-refractivity contribution in [2.75, 3.05) is 32.7 Å². The number of carbonyl (C=O) groups is 1. The number of piperidine rings is 1. The summed E-state index contributed by atoms with van der Waals surface area (Å²) in [6.45, 7) is 11.0. The molecule has 1 aliphatic heterocycles. The van der Waals surface area contributed by atoms with Crippen LogP contribution in [0, 0.1) is 0 Å². The maximum absolute atomic E-state index is 11.9. The highest BCUT2D eigenvalue weighted by molar-refractivity contribution is 14.0. The number of nitrogens with one attached hydrogen (secondary N) is 3. The van der Waals surface area contributed by atoms with Gasteiger partial charge in [0.25, 0.3) is 0 Å². The Balaban J connectivity index is 0.00000420. The molecule has 1 aromatic carbocycles. The Hall–Kier alpha value is -1.35. The molecule has 0 spiro atoms. The maximum Gasteiger partial charge on any atom is 0.234 e. The molecular weight excluding hydrogens is 477 g/mol. The van der Waals surface area contributed by atoms with E-state index in [0.29, 0.717) is 19.1 Å². The number of likely N-dealkylation sites (tertiary alicyclic amines) is 1. The number of hydrogen-bond donors (Lipinski definition) is 3. The van der Waals surface area contributed by atoms with Crippen molar-refractivity contribution in [3.05, 3.63) is 35.4 Å². The minimum absolute atomic E-state index is 0. The fraction of sp³-hybridized carbons (Fsp3) is 0.636. The summed E-state index contributed by atoms with van der Waals surface area (Å²) >= 11 is 0. The lowest BCUT2D eigenvalue weighted by Gasteiger charge is -2.32. The van der Waals surface area contributed by atoms with Crippen LogP contribution in [0.5, 0.6) is 0 Å². The molecule has 1 amide bonds. The quantitative estimate of drug-likeness (QED) is 0.269. The largest absolute Gasteiger partial charge is 0.357 e. The van der Waals surface area contributed by atoms with Crippen molar-refractivity contribution in [1.29, 1.82) is 0 Å². The monoisotopic (exact) mass is 515 g/mol. The molecule has 0 aliphatic carbocycles. The summed E-state index contributed by atoms with van der Waals surface area (Å²) in [6, 6.07) is 8.91. The number of guanidine groups is 1. The Kier molecular flexibility index (Phi) is 12.9. The van der Waals surface area contributed by atoms with Crippen molar-refractivity contribution in [3.63, 3.8) is 0 Å². The molecule has 0 atom stereocenters. The molecule has 0 saturated carbocycles. The predicted octanol–water partition coefficient (Wildman–Crippen LogP) is 2.91. The third-order valence-electron chi connectivity index (χ3n) is 5.12. The van der Waals surface area contributed by atoms with E-state index in [0.717, 1.165) is 57.8 Å². The summed E-state index contributed by atoms with van der Waals surface area (Å²) in [6.07, 6.45) is 4.06. The molecule has 6 nitrogen and oxygen atoms in total. The van der Waals surface area contributed by atoms with Gasteiger partial charge in [-0.05, 0) is 43.7 Å². The lowest BCUT2D eigenvalue weighted by Crippen LogP contribution is -2.50. The van der Waals surface area contributed by atoms with E-state index in [1.54, 1.807) is 0 Å². The van der Waals surface area contributed by atoms with Crippen LogP contribution >= 0.6 is 24.0 Å². The SMILES string of the molecule is CCCNC(=O)CN1CCC(NC(=NCc2ccccc2CC)NCC)CC1.I. The van der Waals surface area contributed by atoms with E-state index in [9.17, 15) is 4.79 Å². The summed E-state index contributed by atoms with van der Waals surface area (Å²) in [4.78, 5) is 18.9. The van der Waals surface area contributed by atoms with E-state index in [1.807, 2.05) is 0 Å². The third kappa shape index (κ3) is 9.33. The van der Waals surface area contributed by atoms with Crippen LogP contribution in [-0.2, 0) is 17.8 Å². The van der Waals surface area contributed by atoms with Crippen LogP contribution in [0.2, 0.25) is 0 Å². The van der Waals surface area contributed by atoms with E-state index in [-0.39, 0.29) is 29.9 Å². The second-order valence-electron chi connectivity index (χ2n) is 7.36. The molecule has 0 bridgehead atoms. The number of benzene rings is 1. The molecule has 3 N–H and O–H groups in total. The zero-order valence-corrected chi connectivity index (χ0v) is 20.5. The fourth-order valence-electron chi connectivity index (χ4n) is 3.49. The molecule has 0 radical (unpaired) electrons. The standard InChI is InChI=1S/C22H37N5O.HI/c1-4-13-24-21(28)17-27-14-11-20(12-15-27)26-22(23-6-3)25-16-19-10-8-7-9-18(19)5-2;/h7-10,20H,4-6,11-17H2,1-3H3,(H,24,28)(H2,23,25,26);1H. The van der Waals surface area contributed by atoms with Gasteiger partial charge in [-0.1, -0.05) is 38.1 Å². The summed E-state index contributed by atoms with van der Waals surface area (Å²) in [7, 11) is 0. The minimum atomic E-state index is 0. The number of carbonyl (C=O) groups excluding carboxylic acids is 1. The maximum atomic E-state index is 11.9. The molecule has 0 unspecified atom stereocenters. The van der Waals surface area contributed by atoms with Crippen LogP contribution in [0.1, 0.15) is 51.2 Å². The van der Waals surface area contributed by atoms with Crippen molar-refractivity contribution in [2.45, 2.75) is 59.0 Å². The molecule has 7 heteroatoms. The van der Waals surface area contributed by atoms with Gasteiger partial charge in [-0.2, -0.15) is 0 Å².